The lowest BCUT2D eigenvalue weighted by Gasteiger charge is -2.10. The highest BCUT2D eigenvalue weighted by molar-refractivity contribution is 7.99. The monoisotopic (exact) mass is 471 g/mol. The Kier molecular flexibility index (Phi) is 7.97. The lowest BCUT2D eigenvalue weighted by Crippen LogP contribution is -2.17. The van der Waals surface area contributed by atoms with Gasteiger partial charge in [0.25, 0.3) is 5.95 Å². The number of hydrogen-bond acceptors (Lipinski definition) is 10. The van der Waals surface area contributed by atoms with Crippen molar-refractivity contribution in [3.05, 3.63) is 48.0 Å². The Hall–Kier alpha value is -3.93. The van der Waals surface area contributed by atoms with Gasteiger partial charge in [0.15, 0.2) is 11.5 Å². The molecule has 3 aromatic rings. The fourth-order valence-electron chi connectivity index (χ4n) is 2.74. The van der Waals surface area contributed by atoms with E-state index in [-0.39, 0.29) is 17.6 Å². The van der Waals surface area contributed by atoms with E-state index in [4.69, 9.17) is 20.1 Å². The molecule has 0 unspecified atom stereocenters. The number of nitrogens with one attached hydrogen (secondary N) is 2. The number of rotatable bonds is 10. The molecular weight excluding hydrogens is 446 g/mol. The molecule has 0 atom stereocenters. The predicted molar refractivity (Wildman–Crippen MR) is 128 cm³/mol. The van der Waals surface area contributed by atoms with Crippen LogP contribution in [-0.2, 0) is 4.79 Å². The molecule has 0 spiro atoms. The number of amides is 1. The Bertz CT molecular complexity index is 1150. The van der Waals surface area contributed by atoms with E-state index in [9.17, 15) is 4.79 Å². The van der Waals surface area contributed by atoms with Crippen LogP contribution in [-0.4, -0.2) is 53.6 Å². The molecule has 1 aromatic heterocycles. The van der Waals surface area contributed by atoms with Crippen molar-refractivity contribution >= 4 is 35.0 Å². The molecule has 12 heteroatoms. The summed E-state index contributed by atoms with van der Waals surface area (Å²) in [6.07, 6.45) is 0. The Labute approximate surface area is 195 Å². The average molecular weight is 472 g/mol. The Morgan fingerprint density at radius 2 is 1.88 bits per heavy atom. The molecular formula is C21H25N7O4S. The van der Waals surface area contributed by atoms with Crippen LogP contribution in [0.15, 0.2) is 52.7 Å². The SMILES string of the molecule is COc1cccc(/C(C)=N/Nc2nnc(SCC(=O)Nc3ccc(OC)c(OC)c3)n2N)c1. The number of thioether (sulfide) groups is 1. The fourth-order valence-corrected chi connectivity index (χ4v) is 3.40. The summed E-state index contributed by atoms with van der Waals surface area (Å²) in [6, 6.07) is 12.6. The summed E-state index contributed by atoms with van der Waals surface area (Å²) in [5.74, 6) is 7.94. The first kappa shape index (κ1) is 23.7. The van der Waals surface area contributed by atoms with Gasteiger partial charge in [-0.15, -0.1) is 10.2 Å². The summed E-state index contributed by atoms with van der Waals surface area (Å²) in [5, 5.41) is 15.4. The molecule has 0 aliphatic heterocycles. The lowest BCUT2D eigenvalue weighted by molar-refractivity contribution is -0.113. The van der Waals surface area contributed by atoms with Crippen molar-refractivity contribution in [2.24, 2.45) is 5.10 Å². The van der Waals surface area contributed by atoms with E-state index in [2.05, 4.69) is 26.0 Å². The minimum absolute atomic E-state index is 0.0792. The summed E-state index contributed by atoms with van der Waals surface area (Å²) < 4.78 is 16.9. The molecule has 33 heavy (non-hydrogen) atoms. The molecule has 0 saturated carbocycles. The van der Waals surface area contributed by atoms with Gasteiger partial charge in [-0.05, 0) is 31.2 Å². The molecule has 1 heterocycles. The van der Waals surface area contributed by atoms with Gasteiger partial charge >= 0.3 is 0 Å². The molecule has 2 aromatic carbocycles. The number of methoxy groups -OCH3 is 3. The Balaban J connectivity index is 1.58. The number of ether oxygens (including phenoxy) is 3. The maximum absolute atomic E-state index is 12.3. The van der Waals surface area contributed by atoms with Crippen molar-refractivity contribution in [3.63, 3.8) is 0 Å². The van der Waals surface area contributed by atoms with Gasteiger partial charge in [0.05, 0.1) is 32.8 Å². The van der Waals surface area contributed by atoms with Gasteiger partial charge in [0, 0.05) is 17.3 Å². The first-order chi connectivity index (χ1) is 15.9. The molecule has 0 aliphatic rings. The zero-order chi connectivity index (χ0) is 23.8. The first-order valence-corrected chi connectivity index (χ1v) is 10.7. The largest absolute Gasteiger partial charge is 0.497 e. The Morgan fingerprint density at radius 3 is 2.61 bits per heavy atom. The molecule has 0 aliphatic carbocycles. The Morgan fingerprint density at radius 1 is 1.09 bits per heavy atom. The van der Waals surface area contributed by atoms with Gasteiger partial charge in [-0.2, -0.15) is 5.10 Å². The minimum atomic E-state index is -0.239. The molecule has 0 radical (unpaired) electrons. The van der Waals surface area contributed by atoms with E-state index in [0.29, 0.717) is 28.1 Å². The van der Waals surface area contributed by atoms with Crippen LogP contribution < -0.4 is 30.8 Å². The first-order valence-electron chi connectivity index (χ1n) is 9.75. The summed E-state index contributed by atoms with van der Waals surface area (Å²) >= 11 is 1.14. The third-order valence-corrected chi connectivity index (χ3v) is 5.42. The zero-order valence-electron chi connectivity index (χ0n) is 18.7. The van der Waals surface area contributed by atoms with Gasteiger partial charge in [-0.1, -0.05) is 23.9 Å². The normalized spacial score (nSPS) is 11.1. The number of hydrazone groups is 1. The van der Waals surface area contributed by atoms with Crippen LogP contribution in [0.25, 0.3) is 0 Å². The highest BCUT2D eigenvalue weighted by Crippen LogP contribution is 2.30. The maximum Gasteiger partial charge on any atom is 0.264 e. The van der Waals surface area contributed by atoms with Crippen LogP contribution in [0.4, 0.5) is 11.6 Å². The predicted octanol–water partition coefficient (Wildman–Crippen LogP) is 2.58. The third kappa shape index (κ3) is 6.07. The summed E-state index contributed by atoms with van der Waals surface area (Å²) in [4.78, 5) is 12.3. The second-order valence-corrected chi connectivity index (χ2v) is 7.57. The number of nitrogens with two attached hydrogens (primary N) is 1. The number of nitrogens with zero attached hydrogens (tertiary/aromatic N) is 4. The van der Waals surface area contributed by atoms with E-state index in [1.807, 2.05) is 31.2 Å². The number of carbonyl (C=O) groups excluding carboxylic acids is 1. The van der Waals surface area contributed by atoms with Crippen molar-refractivity contribution < 1.29 is 19.0 Å². The molecule has 0 fully saturated rings. The second kappa shape index (κ2) is 11.1. The van der Waals surface area contributed by atoms with Gasteiger partial charge in [0.2, 0.25) is 11.1 Å². The van der Waals surface area contributed by atoms with Crippen LogP contribution in [0.5, 0.6) is 17.2 Å². The van der Waals surface area contributed by atoms with Crippen LogP contribution in [0.3, 0.4) is 0 Å². The quantitative estimate of drug-likeness (QED) is 0.176. The molecule has 3 rings (SSSR count). The number of anilines is 2. The standard InChI is InChI=1S/C21H25N7O4S/c1-13(14-6-5-7-16(10-14)30-2)24-25-20-26-27-21(28(20)22)33-12-19(29)23-15-8-9-17(31-3)18(11-15)32-4/h5-11H,12,22H2,1-4H3,(H,23,29)(H,25,26)/b24-13+. The number of carbonyl (C=O) groups is 1. The van der Waals surface area contributed by atoms with Crippen molar-refractivity contribution in [1.82, 2.24) is 14.9 Å². The highest BCUT2D eigenvalue weighted by Gasteiger charge is 2.13. The summed E-state index contributed by atoms with van der Waals surface area (Å²) in [6.45, 7) is 1.84. The van der Waals surface area contributed by atoms with Crippen molar-refractivity contribution in [2.75, 3.05) is 43.7 Å². The molecule has 1 amide bonds. The summed E-state index contributed by atoms with van der Waals surface area (Å²) in [7, 11) is 4.68. The fraction of sp³-hybridized carbons (Fsp3) is 0.238. The van der Waals surface area contributed by atoms with Gasteiger partial charge in [-0.25, -0.2) is 10.1 Å². The van der Waals surface area contributed by atoms with E-state index in [1.165, 1.54) is 11.8 Å². The topological polar surface area (TPSA) is 138 Å². The van der Waals surface area contributed by atoms with E-state index in [1.54, 1.807) is 32.4 Å². The van der Waals surface area contributed by atoms with Crippen LogP contribution in [0.2, 0.25) is 0 Å². The number of nitrogen functional groups attached to an aromatic ring is 1. The van der Waals surface area contributed by atoms with Crippen molar-refractivity contribution in [3.8, 4) is 17.2 Å². The number of hydrogen-bond donors (Lipinski definition) is 3. The molecule has 4 N–H and O–H groups in total. The zero-order valence-corrected chi connectivity index (χ0v) is 19.5. The van der Waals surface area contributed by atoms with Crippen LogP contribution in [0.1, 0.15) is 12.5 Å². The van der Waals surface area contributed by atoms with E-state index < -0.39 is 0 Å². The highest BCUT2D eigenvalue weighted by atomic mass is 32.2. The molecule has 11 nitrogen and oxygen atoms in total. The van der Waals surface area contributed by atoms with Gasteiger partial charge in [-0.3, -0.25) is 4.79 Å². The van der Waals surface area contributed by atoms with Gasteiger partial charge in [0.1, 0.15) is 5.75 Å². The van der Waals surface area contributed by atoms with Gasteiger partial charge < -0.3 is 25.4 Å². The minimum Gasteiger partial charge on any atom is -0.497 e. The smallest absolute Gasteiger partial charge is 0.264 e. The molecule has 0 bridgehead atoms. The number of aromatic nitrogens is 3. The lowest BCUT2D eigenvalue weighted by atomic mass is 10.1. The second-order valence-electron chi connectivity index (χ2n) is 6.62. The summed E-state index contributed by atoms with van der Waals surface area (Å²) in [5.41, 5.74) is 4.96. The molecule has 0 saturated heterocycles. The third-order valence-electron chi connectivity index (χ3n) is 4.48. The van der Waals surface area contributed by atoms with Crippen LogP contribution in [0, 0.1) is 0 Å². The maximum atomic E-state index is 12.3. The van der Waals surface area contributed by atoms with E-state index in [0.717, 1.165) is 23.1 Å². The van der Waals surface area contributed by atoms with E-state index >= 15 is 0 Å². The van der Waals surface area contributed by atoms with Crippen molar-refractivity contribution in [1.29, 1.82) is 0 Å². The number of benzene rings is 2. The van der Waals surface area contributed by atoms with Crippen LogP contribution >= 0.6 is 11.8 Å². The van der Waals surface area contributed by atoms with Crippen molar-refractivity contribution in [2.45, 2.75) is 12.1 Å². The molecule has 174 valence electrons. The average Bonchev–Trinajstić information content (AvgIpc) is 3.20.